The molecule has 1 unspecified atom stereocenters. The molecule has 5 rings (SSSR count). The summed E-state index contributed by atoms with van der Waals surface area (Å²) in [5.41, 5.74) is 1.99. The minimum absolute atomic E-state index is 0.0443. The Balaban J connectivity index is 1.41. The second-order valence-electron chi connectivity index (χ2n) is 8.30. The predicted octanol–water partition coefficient (Wildman–Crippen LogP) is 2.27. The molecule has 0 aliphatic carbocycles. The molecule has 0 spiro atoms. The van der Waals surface area contributed by atoms with Crippen molar-refractivity contribution in [1.29, 1.82) is 0 Å². The van der Waals surface area contributed by atoms with E-state index in [0.717, 1.165) is 17.5 Å². The Hall–Kier alpha value is -3.37. The summed E-state index contributed by atoms with van der Waals surface area (Å²) >= 11 is 0. The Bertz CT molecular complexity index is 1420. The molecule has 0 radical (unpaired) electrons. The number of hydrogen-bond acceptors (Lipinski definition) is 6. The monoisotopic (exact) mass is 464 g/mol. The van der Waals surface area contributed by atoms with Gasteiger partial charge in [-0.2, -0.15) is 0 Å². The zero-order valence-corrected chi connectivity index (χ0v) is 18.8. The molecule has 1 N–H and O–H groups in total. The quantitative estimate of drug-likeness (QED) is 0.468. The second kappa shape index (κ2) is 8.87. The van der Waals surface area contributed by atoms with Gasteiger partial charge in [0, 0.05) is 19.0 Å². The Kier molecular flexibility index (Phi) is 5.77. The lowest BCUT2D eigenvalue weighted by molar-refractivity contribution is 0.309. The molecule has 0 bridgehead atoms. The van der Waals surface area contributed by atoms with Gasteiger partial charge in [-0.3, -0.25) is 4.79 Å². The fourth-order valence-electron chi connectivity index (χ4n) is 4.23. The lowest BCUT2D eigenvalue weighted by Crippen LogP contribution is -2.40. The molecule has 0 saturated carbocycles. The number of fused-ring (bicyclic) bond motifs is 1. The van der Waals surface area contributed by atoms with Crippen LogP contribution >= 0.6 is 0 Å². The van der Waals surface area contributed by atoms with Gasteiger partial charge in [0.15, 0.2) is 11.2 Å². The SMILES string of the molecule is O=c1[nH]c(C2CCCN(S(=O)(=O)Cc3ccccc3)C2)nc2c1nnn2Cc1ccccc1. The van der Waals surface area contributed by atoms with Crippen molar-refractivity contribution in [2.24, 2.45) is 0 Å². The van der Waals surface area contributed by atoms with Gasteiger partial charge >= 0.3 is 0 Å². The van der Waals surface area contributed by atoms with Gasteiger partial charge in [0.25, 0.3) is 5.56 Å². The van der Waals surface area contributed by atoms with Crippen molar-refractivity contribution in [3.63, 3.8) is 0 Å². The highest BCUT2D eigenvalue weighted by Crippen LogP contribution is 2.27. The Morgan fingerprint density at radius 1 is 1.00 bits per heavy atom. The summed E-state index contributed by atoms with van der Waals surface area (Å²) in [6.45, 7) is 1.19. The Morgan fingerprint density at radius 3 is 2.42 bits per heavy atom. The summed E-state index contributed by atoms with van der Waals surface area (Å²) in [4.78, 5) is 20.2. The number of aromatic amines is 1. The van der Waals surface area contributed by atoms with E-state index in [1.165, 1.54) is 4.31 Å². The number of H-pyrrole nitrogens is 1. The predicted molar refractivity (Wildman–Crippen MR) is 124 cm³/mol. The van der Waals surface area contributed by atoms with Gasteiger partial charge in [0.05, 0.1) is 12.3 Å². The third-order valence-electron chi connectivity index (χ3n) is 5.92. The van der Waals surface area contributed by atoms with Crippen LogP contribution in [0.4, 0.5) is 0 Å². The van der Waals surface area contributed by atoms with E-state index in [1.54, 1.807) is 4.68 Å². The fourth-order valence-corrected chi connectivity index (χ4v) is 5.84. The summed E-state index contributed by atoms with van der Waals surface area (Å²) in [5.74, 6) is 0.224. The molecule has 2 aromatic carbocycles. The van der Waals surface area contributed by atoms with Crippen molar-refractivity contribution in [3.8, 4) is 0 Å². The van der Waals surface area contributed by atoms with Gasteiger partial charge in [0.1, 0.15) is 5.82 Å². The first-order chi connectivity index (χ1) is 16.0. The maximum Gasteiger partial charge on any atom is 0.281 e. The normalized spacial score (nSPS) is 17.4. The smallest absolute Gasteiger partial charge is 0.281 e. The first-order valence-electron chi connectivity index (χ1n) is 10.9. The van der Waals surface area contributed by atoms with E-state index < -0.39 is 10.0 Å². The number of benzene rings is 2. The molecule has 170 valence electrons. The standard InChI is InChI=1S/C23H24N6O3S/c30-23-20-22(29(27-26-20)14-17-8-3-1-4-9-17)24-21(25-23)19-12-7-13-28(15-19)33(31,32)16-18-10-5-2-6-11-18/h1-6,8-11,19H,7,12-16H2,(H,24,25,30). The Morgan fingerprint density at radius 2 is 1.70 bits per heavy atom. The number of nitrogens with one attached hydrogen (secondary N) is 1. The summed E-state index contributed by atoms with van der Waals surface area (Å²) < 4.78 is 29.2. The molecule has 10 heteroatoms. The van der Waals surface area contributed by atoms with Crippen LogP contribution in [0.3, 0.4) is 0 Å². The molecule has 1 aliphatic heterocycles. The van der Waals surface area contributed by atoms with Gasteiger partial charge in [-0.05, 0) is 24.0 Å². The summed E-state index contributed by atoms with van der Waals surface area (Å²) in [7, 11) is -3.48. The van der Waals surface area contributed by atoms with Gasteiger partial charge in [0.2, 0.25) is 10.0 Å². The third kappa shape index (κ3) is 4.57. The molecule has 2 aromatic heterocycles. The van der Waals surface area contributed by atoms with Crippen LogP contribution in [0.1, 0.15) is 35.7 Å². The van der Waals surface area contributed by atoms with E-state index in [1.807, 2.05) is 60.7 Å². The van der Waals surface area contributed by atoms with Crippen LogP contribution in [0.15, 0.2) is 65.5 Å². The van der Waals surface area contributed by atoms with Crippen LogP contribution in [0, 0.1) is 0 Å². The minimum Gasteiger partial charge on any atom is -0.308 e. The van der Waals surface area contributed by atoms with E-state index >= 15 is 0 Å². The highest BCUT2D eigenvalue weighted by atomic mass is 32.2. The van der Waals surface area contributed by atoms with Crippen LogP contribution in [0.2, 0.25) is 0 Å². The number of hydrogen-bond donors (Lipinski definition) is 1. The lowest BCUT2D eigenvalue weighted by atomic mass is 9.99. The summed E-state index contributed by atoms with van der Waals surface area (Å²) in [5, 5.41) is 8.12. The summed E-state index contributed by atoms with van der Waals surface area (Å²) in [6.07, 6.45) is 1.44. The van der Waals surface area contributed by atoms with Crippen LogP contribution in [-0.4, -0.2) is 50.8 Å². The van der Waals surface area contributed by atoms with Crippen LogP contribution in [0.25, 0.3) is 11.2 Å². The minimum atomic E-state index is -3.48. The van der Waals surface area contributed by atoms with Crippen molar-refractivity contribution in [2.75, 3.05) is 13.1 Å². The first-order valence-corrected chi connectivity index (χ1v) is 12.5. The van der Waals surface area contributed by atoms with Crippen molar-refractivity contribution in [2.45, 2.75) is 31.1 Å². The van der Waals surface area contributed by atoms with Gasteiger partial charge in [-0.25, -0.2) is 22.4 Å². The van der Waals surface area contributed by atoms with Crippen LogP contribution in [0.5, 0.6) is 0 Å². The number of sulfonamides is 1. The zero-order valence-electron chi connectivity index (χ0n) is 18.0. The van der Waals surface area contributed by atoms with Crippen molar-refractivity contribution in [1.82, 2.24) is 29.3 Å². The molecule has 0 amide bonds. The molecule has 4 aromatic rings. The topological polar surface area (TPSA) is 114 Å². The molecule has 1 fully saturated rings. The van der Waals surface area contributed by atoms with Gasteiger partial charge in [-0.1, -0.05) is 65.9 Å². The maximum atomic E-state index is 13.0. The largest absolute Gasteiger partial charge is 0.308 e. The zero-order chi connectivity index (χ0) is 22.8. The van der Waals surface area contributed by atoms with E-state index in [-0.39, 0.29) is 29.3 Å². The molecule has 1 saturated heterocycles. The molecule has 1 atom stereocenters. The molecule has 9 nitrogen and oxygen atoms in total. The van der Waals surface area contributed by atoms with Crippen LogP contribution < -0.4 is 5.56 Å². The Labute approximate surface area is 191 Å². The van der Waals surface area contributed by atoms with E-state index in [9.17, 15) is 13.2 Å². The highest BCUT2D eigenvalue weighted by Gasteiger charge is 2.31. The van der Waals surface area contributed by atoms with Gasteiger partial charge in [-0.15, -0.1) is 5.10 Å². The van der Waals surface area contributed by atoms with Gasteiger partial charge < -0.3 is 4.98 Å². The first kappa shape index (κ1) is 21.5. The van der Waals surface area contributed by atoms with Crippen LogP contribution in [-0.2, 0) is 22.3 Å². The van der Waals surface area contributed by atoms with E-state index in [4.69, 9.17) is 0 Å². The fraction of sp³-hybridized carbons (Fsp3) is 0.304. The van der Waals surface area contributed by atoms with Crippen molar-refractivity contribution >= 4 is 21.2 Å². The average molecular weight is 465 g/mol. The highest BCUT2D eigenvalue weighted by molar-refractivity contribution is 7.88. The maximum absolute atomic E-state index is 13.0. The van der Waals surface area contributed by atoms with E-state index in [0.29, 0.717) is 31.0 Å². The lowest BCUT2D eigenvalue weighted by Gasteiger charge is -2.31. The number of piperidine rings is 1. The molecular weight excluding hydrogens is 440 g/mol. The molecule has 3 heterocycles. The number of rotatable bonds is 6. The second-order valence-corrected chi connectivity index (χ2v) is 10.3. The molecular formula is C23H24N6O3S. The number of nitrogens with zero attached hydrogens (tertiary/aromatic N) is 5. The number of aromatic nitrogens is 5. The molecule has 1 aliphatic rings. The molecule has 33 heavy (non-hydrogen) atoms. The van der Waals surface area contributed by atoms with E-state index in [2.05, 4.69) is 20.3 Å². The summed E-state index contributed by atoms with van der Waals surface area (Å²) in [6, 6.07) is 18.9. The van der Waals surface area contributed by atoms with Crippen molar-refractivity contribution < 1.29 is 8.42 Å². The average Bonchev–Trinajstić information content (AvgIpc) is 3.23. The van der Waals surface area contributed by atoms with Crippen molar-refractivity contribution in [3.05, 3.63) is 88.0 Å². The third-order valence-corrected chi connectivity index (χ3v) is 7.74.